The van der Waals surface area contributed by atoms with E-state index < -0.39 is 36.7 Å². The van der Waals surface area contributed by atoms with Crippen molar-refractivity contribution in [2.45, 2.75) is 57.9 Å². The zero-order valence-electron chi connectivity index (χ0n) is 16.8. The number of phenolic OH excluding ortho intramolecular Hbond substituents is 1. The number of aliphatic carboxylic acids is 1. The number of carboxylic acids is 1. The van der Waals surface area contributed by atoms with Gasteiger partial charge >= 0.3 is 5.97 Å². The molecule has 0 bridgehead atoms. The number of benzene rings is 1. The molecule has 2 heterocycles. The molecule has 1 aromatic heterocycles. The Morgan fingerprint density at radius 2 is 1.80 bits per heavy atom. The second-order valence-electron chi connectivity index (χ2n) is 7.42. The highest BCUT2D eigenvalue weighted by Crippen LogP contribution is 2.39. The number of aromatic nitrogens is 1. The maximum absolute atomic E-state index is 11.4. The van der Waals surface area contributed by atoms with Crippen LogP contribution in [-0.4, -0.2) is 67.2 Å². The summed E-state index contributed by atoms with van der Waals surface area (Å²) in [6.45, 7) is 5.14. The second kappa shape index (κ2) is 8.57. The first-order chi connectivity index (χ1) is 14.1. The maximum Gasteiger partial charge on any atom is 0.335 e. The molecule has 0 aliphatic carbocycles. The highest BCUT2D eigenvalue weighted by Gasteiger charge is 2.48. The number of aliphatic hydroxyl groups excluding tert-OH is 3. The molecule has 9 heteroatoms. The predicted molar refractivity (Wildman–Crippen MR) is 104 cm³/mol. The van der Waals surface area contributed by atoms with Crippen LogP contribution in [-0.2, 0) is 16.0 Å². The number of ether oxygens (including phenoxy) is 2. The zero-order valence-corrected chi connectivity index (χ0v) is 16.8. The minimum Gasteiger partial charge on any atom is -0.507 e. The summed E-state index contributed by atoms with van der Waals surface area (Å²) in [5, 5.41) is 50.0. The van der Waals surface area contributed by atoms with Crippen molar-refractivity contribution in [2.75, 3.05) is 0 Å². The molecule has 5 atom stereocenters. The molecule has 0 unspecified atom stereocenters. The Morgan fingerprint density at radius 3 is 2.40 bits per heavy atom. The summed E-state index contributed by atoms with van der Waals surface area (Å²) in [5.74, 6) is -1.10. The van der Waals surface area contributed by atoms with E-state index in [1.54, 1.807) is 39.2 Å². The third-order valence-electron chi connectivity index (χ3n) is 5.49. The predicted octanol–water partition coefficient (Wildman–Crippen LogP) is 0.574. The number of carbonyl (C=O) groups is 1. The van der Waals surface area contributed by atoms with Gasteiger partial charge in [0.25, 0.3) is 0 Å². The van der Waals surface area contributed by atoms with Crippen molar-refractivity contribution >= 4 is 5.97 Å². The van der Waals surface area contributed by atoms with Crippen molar-refractivity contribution in [3.63, 3.8) is 0 Å². The first-order valence-corrected chi connectivity index (χ1v) is 9.43. The summed E-state index contributed by atoms with van der Waals surface area (Å²) in [7, 11) is 0. The van der Waals surface area contributed by atoms with Crippen molar-refractivity contribution < 1.29 is 39.8 Å². The van der Waals surface area contributed by atoms with E-state index in [4.69, 9.17) is 9.47 Å². The highest BCUT2D eigenvalue weighted by molar-refractivity contribution is 5.73. The van der Waals surface area contributed by atoms with Crippen molar-refractivity contribution in [3.8, 4) is 11.5 Å². The average Bonchev–Trinajstić information content (AvgIpc) is 2.73. The van der Waals surface area contributed by atoms with E-state index in [-0.39, 0.29) is 5.75 Å². The van der Waals surface area contributed by atoms with Gasteiger partial charge in [-0.3, -0.25) is 4.98 Å². The van der Waals surface area contributed by atoms with Crippen molar-refractivity contribution in [2.24, 2.45) is 0 Å². The lowest BCUT2D eigenvalue weighted by Crippen LogP contribution is -2.61. The summed E-state index contributed by atoms with van der Waals surface area (Å²) >= 11 is 0. The van der Waals surface area contributed by atoms with E-state index in [9.17, 15) is 30.3 Å². The van der Waals surface area contributed by atoms with Gasteiger partial charge in [0, 0.05) is 24.4 Å². The van der Waals surface area contributed by atoms with Gasteiger partial charge in [0.15, 0.2) is 6.10 Å². The molecule has 2 aromatic rings. The summed E-state index contributed by atoms with van der Waals surface area (Å²) in [4.78, 5) is 15.5. The molecule has 9 nitrogen and oxygen atoms in total. The molecular formula is C21H25NO8. The summed E-state index contributed by atoms with van der Waals surface area (Å²) in [5.41, 5.74) is 3.12. The number of phenols is 1. The molecule has 1 aliphatic rings. The molecule has 5 N–H and O–H groups in total. The smallest absolute Gasteiger partial charge is 0.335 e. The Morgan fingerprint density at radius 1 is 1.10 bits per heavy atom. The quantitative estimate of drug-likeness (QED) is 0.469. The van der Waals surface area contributed by atoms with Crippen LogP contribution < -0.4 is 4.74 Å². The minimum atomic E-state index is -1.81. The van der Waals surface area contributed by atoms with Gasteiger partial charge in [-0.2, -0.15) is 0 Å². The van der Waals surface area contributed by atoms with Gasteiger partial charge in [-0.25, -0.2) is 4.79 Å². The monoisotopic (exact) mass is 419 g/mol. The van der Waals surface area contributed by atoms with Crippen LogP contribution in [0.3, 0.4) is 0 Å². The Hall–Kier alpha value is -2.72. The van der Waals surface area contributed by atoms with Crippen LogP contribution in [0, 0.1) is 20.8 Å². The van der Waals surface area contributed by atoms with Gasteiger partial charge in [-0.05, 0) is 49.1 Å². The molecule has 3 rings (SSSR count). The van der Waals surface area contributed by atoms with Gasteiger partial charge < -0.3 is 35.0 Å². The van der Waals surface area contributed by atoms with Crippen molar-refractivity contribution in [3.05, 3.63) is 52.3 Å². The fraction of sp³-hybridized carbons (Fsp3) is 0.429. The second-order valence-corrected chi connectivity index (χ2v) is 7.42. The van der Waals surface area contributed by atoms with Gasteiger partial charge in [0.2, 0.25) is 6.29 Å². The molecule has 0 radical (unpaired) electrons. The number of hydrogen-bond donors (Lipinski definition) is 5. The number of aliphatic hydroxyl groups is 3. The van der Waals surface area contributed by atoms with E-state index in [0.717, 1.165) is 5.56 Å². The number of rotatable bonds is 5. The molecule has 1 fully saturated rings. The van der Waals surface area contributed by atoms with E-state index in [1.165, 1.54) is 0 Å². The van der Waals surface area contributed by atoms with Crippen LogP contribution in [0.5, 0.6) is 11.5 Å². The SMILES string of the molecule is Cc1c(C)c(O[C@@H]2O[C@H](C(=O)O)[C@@H](O)[C@H](O)[C@H]2O)c(Cc2cccnc2)c(C)c1O. The van der Waals surface area contributed by atoms with Crippen LogP contribution in [0.2, 0.25) is 0 Å². The number of aromatic hydroxyl groups is 1. The fourth-order valence-electron chi connectivity index (χ4n) is 3.51. The van der Waals surface area contributed by atoms with Crippen LogP contribution in [0.4, 0.5) is 0 Å². The molecule has 1 aliphatic heterocycles. The van der Waals surface area contributed by atoms with Crippen molar-refractivity contribution in [1.82, 2.24) is 4.98 Å². The number of hydrogen-bond acceptors (Lipinski definition) is 8. The average molecular weight is 419 g/mol. The third kappa shape index (κ3) is 3.97. The van der Waals surface area contributed by atoms with Crippen LogP contribution in [0.25, 0.3) is 0 Å². The van der Waals surface area contributed by atoms with Crippen molar-refractivity contribution in [1.29, 1.82) is 0 Å². The maximum atomic E-state index is 11.4. The van der Waals surface area contributed by atoms with E-state index in [1.807, 2.05) is 6.07 Å². The molecule has 1 aromatic carbocycles. The normalized spacial score (nSPS) is 26.4. The minimum absolute atomic E-state index is 0.0997. The van der Waals surface area contributed by atoms with E-state index in [2.05, 4.69) is 4.98 Å². The van der Waals surface area contributed by atoms with Crippen LogP contribution in [0.15, 0.2) is 24.5 Å². The molecular weight excluding hydrogens is 394 g/mol. The van der Waals surface area contributed by atoms with E-state index in [0.29, 0.717) is 34.4 Å². The third-order valence-corrected chi connectivity index (χ3v) is 5.49. The molecule has 162 valence electrons. The first-order valence-electron chi connectivity index (χ1n) is 9.43. The van der Waals surface area contributed by atoms with Gasteiger partial charge in [-0.15, -0.1) is 0 Å². The van der Waals surface area contributed by atoms with Crippen LogP contribution in [0.1, 0.15) is 27.8 Å². The largest absolute Gasteiger partial charge is 0.507 e. The van der Waals surface area contributed by atoms with Gasteiger partial charge in [0.1, 0.15) is 29.8 Å². The van der Waals surface area contributed by atoms with Crippen LogP contribution >= 0.6 is 0 Å². The standard InChI is InChI=1S/C21H25NO8/c1-9-10(2)18(13(11(3)14(9)23)7-12-5-4-6-22-8-12)29-21-17(26)15(24)16(25)19(30-21)20(27)28/h4-6,8,15-17,19,21,23-26H,7H2,1-3H3,(H,27,28)/t15-,16-,17+,19-,21+/m0/s1. The molecule has 30 heavy (non-hydrogen) atoms. The Bertz CT molecular complexity index is 933. The zero-order chi connectivity index (χ0) is 22.2. The Kier molecular flexibility index (Phi) is 6.27. The van der Waals surface area contributed by atoms with E-state index >= 15 is 0 Å². The molecule has 1 saturated heterocycles. The highest BCUT2D eigenvalue weighted by atomic mass is 16.7. The summed E-state index contributed by atoms with van der Waals surface area (Å²) in [6, 6.07) is 3.63. The number of pyridine rings is 1. The number of carboxylic acid groups (broad SMARTS) is 1. The van der Waals surface area contributed by atoms with Gasteiger partial charge in [0.05, 0.1) is 0 Å². The Labute approximate surface area is 173 Å². The first kappa shape index (κ1) is 22.0. The Balaban J connectivity index is 2.03. The molecule has 0 saturated carbocycles. The lowest BCUT2D eigenvalue weighted by Gasteiger charge is -2.39. The summed E-state index contributed by atoms with van der Waals surface area (Å²) in [6.07, 6.45) is -4.93. The molecule has 0 spiro atoms. The summed E-state index contributed by atoms with van der Waals surface area (Å²) < 4.78 is 11.1. The molecule has 0 amide bonds. The lowest BCUT2D eigenvalue weighted by atomic mass is 9.93. The lowest BCUT2D eigenvalue weighted by molar-refractivity contribution is -0.271. The number of nitrogens with zero attached hydrogens (tertiary/aromatic N) is 1. The fourth-order valence-corrected chi connectivity index (χ4v) is 3.51. The van der Waals surface area contributed by atoms with Gasteiger partial charge in [-0.1, -0.05) is 6.07 Å². The topological polar surface area (TPSA) is 150 Å².